The predicted molar refractivity (Wildman–Crippen MR) is 103 cm³/mol. The number of hydrogen-bond acceptors (Lipinski definition) is 3. The van der Waals surface area contributed by atoms with Crippen molar-refractivity contribution in [2.45, 2.75) is 84.3 Å². The molecule has 5 aliphatic rings. The SMILES string of the molecule is C[C@]12CCC[C@](C)(C(=O)O)[C@@H]1CC[C@@]1(C)C3=C(CC[C@H]21)[C@H]1O[C@@H]3C[C@H]1C(=O)O. The van der Waals surface area contributed by atoms with Crippen LogP contribution < -0.4 is 0 Å². The Bertz CT molecular complexity index is 786. The Morgan fingerprint density at radius 1 is 1.04 bits per heavy atom. The third-order valence-corrected chi connectivity index (χ3v) is 9.77. The van der Waals surface area contributed by atoms with Crippen molar-refractivity contribution in [3.63, 3.8) is 0 Å². The molecule has 0 aromatic carbocycles. The second-order valence-corrected chi connectivity index (χ2v) is 10.8. The van der Waals surface area contributed by atoms with Gasteiger partial charge in [0.05, 0.1) is 23.5 Å². The summed E-state index contributed by atoms with van der Waals surface area (Å²) in [4.78, 5) is 23.9. The molecule has 1 saturated heterocycles. The molecule has 28 heavy (non-hydrogen) atoms. The summed E-state index contributed by atoms with van der Waals surface area (Å²) >= 11 is 0. The van der Waals surface area contributed by atoms with Crippen LogP contribution in [0.4, 0.5) is 0 Å². The number of fused-ring (bicyclic) bond motifs is 8. The maximum Gasteiger partial charge on any atom is 0.309 e. The lowest BCUT2D eigenvalue weighted by Gasteiger charge is -2.64. The lowest BCUT2D eigenvalue weighted by atomic mass is 9.39. The summed E-state index contributed by atoms with van der Waals surface area (Å²) < 4.78 is 6.21. The van der Waals surface area contributed by atoms with Crippen LogP contribution in [-0.2, 0) is 14.3 Å². The van der Waals surface area contributed by atoms with Gasteiger partial charge in [-0.05, 0) is 85.7 Å². The average molecular weight is 389 g/mol. The van der Waals surface area contributed by atoms with Crippen LogP contribution in [0, 0.1) is 34.0 Å². The summed E-state index contributed by atoms with van der Waals surface area (Å²) in [6.07, 6.45) is 7.13. The van der Waals surface area contributed by atoms with E-state index in [4.69, 9.17) is 4.74 Å². The number of carbonyl (C=O) groups is 2. The minimum atomic E-state index is -0.730. The first-order chi connectivity index (χ1) is 13.1. The van der Waals surface area contributed by atoms with Gasteiger partial charge in [-0.25, -0.2) is 0 Å². The minimum Gasteiger partial charge on any atom is -0.481 e. The van der Waals surface area contributed by atoms with Crippen molar-refractivity contribution in [2.24, 2.45) is 34.0 Å². The second-order valence-electron chi connectivity index (χ2n) is 10.8. The van der Waals surface area contributed by atoms with E-state index in [1.165, 1.54) is 11.1 Å². The highest BCUT2D eigenvalue weighted by atomic mass is 16.5. The number of carboxylic acids is 2. The van der Waals surface area contributed by atoms with Crippen molar-refractivity contribution >= 4 is 11.9 Å². The van der Waals surface area contributed by atoms with Crippen LogP contribution in [0.15, 0.2) is 11.1 Å². The van der Waals surface area contributed by atoms with Crippen LogP contribution in [0.3, 0.4) is 0 Å². The van der Waals surface area contributed by atoms with Gasteiger partial charge in [0.2, 0.25) is 0 Å². The Morgan fingerprint density at radius 2 is 1.79 bits per heavy atom. The molecular formula is C23H32O5. The molecule has 0 spiro atoms. The Morgan fingerprint density at radius 3 is 2.46 bits per heavy atom. The Kier molecular flexibility index (Phi) is 3.74. The zero-order valence-electron chi connectivity index (χ0n) is 17.2. The van der Waals surface area contributed by atoms with Crippen LogP contribution in [0.1, 0.15) is 72.1 Å². The molecule has 2 heterocycles. The lowest BCUT2D eigenvalue weighted by Crippen LogP contribution is -2.59. The average Bonchev–Trinajstić information content (AvgIpc) is 3.20. The van der Waals surface area contributed by atoms with Crippen molar-refractivity contribution < 1.29 is 24.5 Å². The maximum atomic E-state index is 12.2. The van der Waals surface area contributed by atoms with Crippen LogP contribution in [0.5, 0.6) is 0 Å². The first kappa shape index (κ1) is 18.7. The summed E-state index contributed by atoms with van der Waals surface area (Å²) in [5, 5.41) is 19.6. The Labute approximate surface area is 166 Å². The van der Waals surface area contributed by atoms with E-state index in [9.17, 15) is 19.8 Å². The zero-order chi connectivity index (χ0) is 20.1. The van der Waals surface area contributed by atoms with Gasteiger partial charge in [-0.3, -0.25) is 9.59 Å². The molecule has 0 unspecified atom stereocenters. The third kappa shape index (κ3) is 2.07. The number of carboxylic acid groups (broad SMARTS) is 2. The summed E-state index contributed by atoms with van der Waals surface area (Å²) in [5.41, 5.74) is 2.13. The first-order valence-electron chi connectivity index (χ1n) is 11.0. The number of aliphatic carboxylic acids is 2. The quantitative estimate of drug-likeness (QED) is 0.691. The second kappa shape index (κ2) is 5.62. The number of rotatable bonds is 2. The first-order valence-corrected chi connectivity index (χ1v) is 11.0. The number of hydrogen-bond donors (Lipinski definition) is 2. The molecule has 2 saturated carbocycles. The molecule has 0 aromatic heterocycles. The van der Waals surface area contributed by atoms with Gasteiger partial charge in [-0.2, -0.15) is 0 Å². The standard InChI is InChI=1S/C23H32O5/c1-21-8-4-9-23(3,20(26)27)16(21)7-10-22(2)15(21)6-5-12-17(22)14-11-13(19(24)25)18(12)28-14/h13-16,18H,4-11H2,1-3H3,(H,24,25)(H,26,27)/t13-,14-,15-,16-,18-,21-,22-,23+/m1/s1. The molecule has 8 atom stereocenters. The molecule has 0 amide bonds. The van der Waals surface area contributed by atoms with Crippen molar-refractivity contribution in [1.82, 2.24) is 0 Å². The molecule has 5 nitrogen and oxygen atoms in total. The van der Waals surface area contributed by atoms with E-state index in [-0.39, 0.29) is 34.9 Å². The predicted octanol–water partition coefficient (Wildman–Crippen LogP) is 4.26. The molecule has 5 rings (SSSR count). The fraction of sp³-hybridized carbons (Fsp3) is 0.826. The topological polar surface area (TPSA) is 83.8 Å². The van der Waals surface area contributed by atoms with Gasteiger partial charge in [0, 0.05) is 0 Å². The molecular weight excluding hydrogens is 356 g/mol. The largest absolute Gasteiger partial charge is 0.481 e. The van der Waals surface area contributed by atoms with Gasteiger partial charge < -0.3 is 14.9 Å². The fourth-order valence-electron chi connectivity index (χ4n) is 8.65. The monoisotopic (exact) mass is 388 g/mol. The summed E-state index contributed by atoms with van der Waals surface area (Å²) in [5.74, 6) is -1.07. The van der Waals surface area contributed by atoms with Crippen molar-refractivity contribution in [1.29, 1.82) is 0 Å². The van der Waals surface area contributed by atoms with Crippen molar-refractivity contribution in [3.8, 4) is 0 Å². The van der Waals surface area contributed by atoms with E-state index in [1.807, 2.05) is 6.92 Å². The fourth-order valence-corrected chi connectivity index (χ4v) is 8.65. The van der Waals surface area contributed by atoms with E-state index in [0.29, 0.717) is 12.3 Å². The maximum absolute atomic E-state index is 12.2. The molecule has 0 radical (unpaired) electrons. The van der Waals surface area contributed by atoms with Crippen LogP contribution in [0.2, 0.25) is 0 Å². The molecule has 3 aliphatic carbocycles. The van der Waals surface area contributed by atoms with Gasteiger partial charge in [0.1, 0.15) is 0 Å². The van der Waals surface area contributed by atoms with E-state index in [1.54, 1.807) is 0 Å². The highest BCUT2D eigenvalue weighted by Crippen LogP contribution is 2.70. The van der Waals surface area contributed by atoms with Crippen LogP contribution in [-0.4, -0.2) is 34.4 Å². The normalized spacial score (nSPS) is 52.0. The van der Waals surface area contributed by atoms with E-state index >= 15 is 0 Å². The van der Waals surface area contributed by atoms with Crippen LogP contribution >= 0.6 is 0 Å². The van der Waals surface area contributed by atoms with Crippen molar-refractivity contribution in [3.05, 3.63) is 11.1 Å². The summed E-state index contributed by atoms with van der Waals surface area (Å²) in [6, 6.07) is 0. The lowest BCUT2D eigenvalue weighted by molar-refractivity contribution is -0.175. The highest BCUT2D eigenvalue weighted by molar-refractivity contribution is 5.75. The highest BCUT2D eigenvalue weighted by Gasteiger charge is 2.66. The van der Waals surface area contributed by atoms with E-state index in [2.05, 4.69) is 13.8 Å². The molecule has 0 aromatic rings. The van der Waals surface area contributed by atoms with Crippen LogP contribution in [0.25, 0.3) is 0 Å². The van der Waals surface area contributed by atoms with Crippen molar-refractivity contribution in [2.75, 3.05) is 0 Å². The van der Waals surface area contributed by atoms with Gasteiger partial charge in [0.25, 0.3) is 0 Å². The number of ether oxygens (including phenoxy) is 1. The molecule has 3 fully saturated rings. The summed E-state index contributed by atoms with van der Waals surface area (Å²) in [7, 11) is 0. The van der Waals surface area contributed by atoms with Gasteiger partial charge in [0.15, 0.2) is 0 Å². The van der Waals surface area contributed by atoms with Gasteiger partial charge in [-0.1, -0.05) is 20.3 Å². The third-order valence-electron chi connectivity index (χ3n) is 9.77. The van der Waals surface area contributed by atoms with Gasteiger partial charge in [-0.15, -0.1) is 0 Å². The van der Waals surface area contributed by atoms with E-state index in [0.717, 1.165) is 44.9 Å². The molecule has 2 bridgehead atoms. The minimum absolute atomic E-state index is 0.0263. The van der Waals surface area contributed by atoms with E-state index < -0.39 is 17.4 Å². The molecule has 154 valence electrons. The zero-order valence-corrected chi connectivity index (χ0v) is 17.2. The molecule has 2 aliphatic heterocycles. The summed E-state index contributed by atoms with van der Waals surface area (Å²) in [6.45, 7) is 6.71. The molecule has 2 N–H and O–H groups in total. The smallest absolute Gasteiger partial charge is 0.309 e. The molecule has 5 heteroatoms. The van der Waals surface area contributed by atoms with Gasteiger partial charge >= 0.3 is 11.9 Å². The Balaban J connectivity index is 1.55. The Hall–Kier alpha value is -1.36.